The smallest absolute Gasteiger partial charge is 0.494 e. The molecule has 2 heterocycles. The predicted molar refractivity (Wildman–Crippen MR) is 124 cm³/mol. The number of sulfonamides is 1. The standard InChI is InChI=1S/C21H20BFN4O7S/c1-27-10-19(28)33-22(34-20(29)11-27)14-4-5-15-18(8-14)35(30,31)26-21(15)25-12-24-9-13-3-6-16(23)17(7-13)32-2/h3-9H,10-12H2,1-2H3,(H,25,26). The lowest BCUT2D eigenvalue weighted by atomic mass is 9.78. The maximum Gasteiger partial charge on any atom is 0.636 e. The van der Waals surface area contributed by atoms with Crippen molar-refractivity contribution in [2.45, 2.75) is 4.90 Å². The van der Waals surface area contributed by atoms with Crippen LogP contribution in [0, 0.1) is 5.82 Å². The van der Waals surface area contributed by atoms with E-state index in [9.17, 15) is 22.4 Å². The SMILES string of the molecule is COc1cc(C=NCN=C2NS(=O)(=O)c3cc(B4OC(=O)CN(C)CC(=O)O4)ccc32)ccc1F. The van der Waals surface area contributed by atoms with Gasteiger partial charge in [-0.05, 0) is 30.8 Å². The van der Waals surface area contributed by atoms with E-state index in [0.717, 1.165) is 0 Å². The van der Waals surface area contributed by atoms with E-state index in [1.165, 1.54) is 54.6 Å². The minimum Gasteiger partial charge on any atom is -0.494 e. The summed E-state index contributed by atoms with van der Waals surface area (Å²) in [5.41, 5.74) is 1.05. The molecule has 0 bridgehead atoms. The number of nitrogens with one attached hydrogen (secondary N) is 1. The third-order valence-electron chi connectivity index (χ3n) is 5.05. The summed E-state index contributed by atoms with van der Waals surface area (Å²) in [6, 6.07) is 8.45. The highest BCUT2D eigenvalue weighted by atomic mass is 32.2. The summed E-state index contributed by atoms with van der Waals surface area (Å²) in [5, 5.41) is 0. The molecule has 1 fully saturated rings. The summed E-state index contributed by atoms with van der Waals surface area (Å²) < 4.78 is 56.5. The van der Waals surface area contributed by atoms with Gasteiger partial charge in [0.1, 0.15) is 12.5 Å². The molecule has 0 radical (unpaired) electrons. The van der Waals surface area contributed by atoms with E-state index < -0.39 is 34.9 Å². The molecule has 182 valence electrons. The lowest BCUT2D eigenvalue weighted by molar-refractivity contribution is -0.145. The zero-order valence-corrected chi connectivity index (χ0v) is 19.5. The number of amidine groups is 1. The number of halogens is 1. The number of nitrogens with zero attached hydrogens (tertiary/aromatic N) is 3. The third kappa shape index (κ3) is 5.49. The van der Waals surface area contributed by atoms with Gasteiger partial charge in [0.2, 0.25) is 0 Å². The Morgan fingerprint density at radius 3 is 2.57 bits per heavy atom. The van der Waals surface area contributed by atoms with Crippen LogP contribution in [0.3, 0.4) is 0 Å². The Morgan fingerprint density at radius 1 is 1.17 bits per heavy atom. The fourth-order valence-corrected chi connectivity index (χ4v) is 4.73. The molecule has 4 rings (SSSR count). The predicted octanol–water partition coefficient (Wildman–Crippen LogP) is -0.324. The topological polar surface area (TPSA) is 136 Å². The Bertz CT molecular complexity index is 1330. The number of hydrogen-bond donors (Lipinski definition) is 1. The largest absolute Gasteiger partial charge is 0.636 e. The number of likely N-dealkylation sites (N-methyl/N-ethyl adjacent to an activating group) is 1. The first-order chi connectivity index (χ1) is 16.7. The number of fused-ring (bicyclic) bond motifs is 1. The van der Waals surface area contributed by atoms with Gasteiger partial charge in [-0.15, -0.1) is 0 Å². The van der Waals surface area contributed by atoms with E-state index in [1.54, 1.807) is 7.05 Å². The molecule has 2 aliphatic heterocycles. The Kier molecular flexibility index (Phi) is 6.85. The minimum absolute atomic E-state index is 0.0706. The molecule has 0 amide bonds. The molecule has 1 N–H and O–H groups in total. The van der Waals surface area contributed by atoms with Crippen molar-refractivity contribution in [2.75, 3.05) is 33.9 Å². The average Bonchev–Trinajstić information content (AvgIpc) is 3.05. The van der Waals surface area contributed by atoms with Crippen molar-refractivity contribution >= 4 is 46.6 Å². The number of benzene rings is 2. The highest BCUT2D eigenvalue weighted by Crippen LogP contribution is 2.22. The van der Waals surface area contributed by atoms with Gasteiger partial charge in [0.25, 0.3) is 10.0 Å². The van der Waals surface area contributed by atoms with E-state index in [2.05, 4.69) is 14.7 Å². The van der Waals surface area contributed by atoms with Gasteiger partial charge in [-0.2, -0.15) is 0 Å². The highest BCUT2D eigenvalue weighted by molar-refractivity contribution is 7.90. The molecule has 0 unspecified atom stereocenters. The zero-order valence-electron chi connectivity index (χ0n) is 18.7. The number of carbonyl (C=O) groups is 2. The van der Waals surface area contributed by atoms with Crippen LogP contribution in [0.1, 0.15) is 11.1 Å². The Balaban J connectivity index is 1.54. The van der Waals surface area contributed by atoms with Crippen LogP contribution in [0.25, 0.3) is 0 Å². The number of carbonyl (C=O) groups excluding carboxylic acids is 2. The van der Waals surface area contributed by atoms with Gasteiger partial charge in [-0.1, -0.05) is 18.2 Å². The molecule has 1 saturated heterocycles. The van der Waals surface area contributed by atoms with Crippen molar-refractivity contribution in [3.8, 4) is 5.75 Å². The molecule has 2 aromatic carbocycles. The first kappa shape index (κ1) is 24.4. The fourth-order valence-electron chi connectivity index (χ4n) is 3.44. The van der Waals surface area contributed by atoms with Crippen molar-refractivity contribution in [3.05, 3.63) is 53.3 Å². The molecule has 2 aliphatic rings. The monoisotopic (exact) mass is 502 g/mol. The molecule has 0 spiro atoms. The number of rotatable bonds is 5. The van der Waals surface area contributed by atoms with Crippen molar-refractivity contribution < 1.29 is 36.4 Å². The molecule has 35 heavy (non-hydrogen) atoms. The van der Waals surface area contributed by atoms with Gasteiger partial charge in [0, 0.05) is 17.2 Å². The molecule has 0 aromatic heterocycles. The van der Waals surface area contributed by atoms with Gasteiger partial charge in [-0.3, -0.25) is 24.2 Å². The van der Waals surface area contributed by atoms with Gasteiger partial charge < -0.3 is 14.0 Å². The molecule has 2 aromatic rings. The van der Waals surface area contributed by atoms with Crippen LogP contribution in [0.15, 0.2) is 51.3 Å². The normalized spacial score (nSPS) is 19.1. The number of methoxy groups -OCH3 is 1. The number of aliphatic imine (C=N–C) groups is 2. The van der Waals surface area contributed by atoms with E-state index in [1.807, 2.05) is 0 Å². The van der Waals surface area contributed by atoms with Gasteiger partial charge in [0.15, 0.2) is 11.6 Å². The highest BCUT2D eigenvalue weighted by Gasteiger charge is 2.37. The van der Waals surface area contributed by atoms with Crippen molar-refractivity contribution in [1.29, 1.82) is 0 Å². The van der Waals surface area contributed by atoms with Crippen LogP contribution in [-0.4, -0.2) is 78.3 Å². The summed E-state index contributed by atoms with van der Waals surface area (Å²) in [6.45, 7) is -0.332. The van der Waals surface area contributed by atoms with Crippen LogP contribution in [0.2, 0.25) is 0 Å². The second kappa shape index (κ2) is 9.84. The lowest BCUT2D eigenvalue weighted by Crippen LogP contribution is -2.48. The summed E-state index contributed by atoms with van der Waals surface area (Å²) in [4.78, 5) is 33.7. The summed E-state index contributed by atoms with van der Waals surface area (Å²) in [7, 11) is -2.41. The molecular formula is C21H20BFN4O7S. The first-order valence-electron chi connectivity index (χ1n) is 10.3. The number of ether oxygens (including phenoxy) is 1. The van der Waals surface area contributed by atoms with Crippen molar-refractivity contribution in [2.24, 2.45) is 9.98 Å². The van der Waals surface area contributed by atoms with Crippen LogP contribution in [0.4, 0.5) is 4.39 Å². The first-order valence-corrected chi connectivity index (χ1v) is 11.8. The minimum atomic E-state index is -3.95. The molecular weight excluding hydrogens is 482 g/mol. The van der Waals surface area contributed by atoms with Crippen molar-refractivity contribution in [3.63, 3.8) is 0 Å². The van der Waals surface area contributed by atoms with E-state index in [-0.39, 0.29) is 47.3 Å². The summed E-state index contributed by atoms with van der Waals surface area (Å²) >= 11 is 0. The molecule has 11 nitrogen and oxygen atoms in total. The lowest BCUT2D eigenvalue weighted by Gasteiger charge is -2.22. The van der Waals surface area contributed by atoms with Gasteiger partial charge in [0.05, 0.1) is 25.1 Å². The zero-order chi connectivity index (χ0) is 25.2. The van der Waals surface area contributed by atoms with Crippen LogP contribution < -0.4 is 14.9 Å². The summed E-state index contributed by atoms with van der Waals surface area (Å²) in [5.74, 6) is -1.59. The quantitative estimate of drug-likeness (QED) is 0.434. The second-order valence-corrected chi connectivity index (χ2v) is 9.35. The number of hydrogen-bond acceptors (Lipinski definition) is 10. The van der Waals surface area contributed by atoms with E-state index >= 15 is 0 Å². The maximum absolute atomic E-state index is 13.5. The van der Waals surface area contributed by atoms with E-state index in [4.69, 9.17) is 14.0 Å². The Morgan fingerprint density at radius 2 is 1.89 bits per heavy atom. The fraction of sp³-hybridized carbons (Fsp3) is 0.238. The summed E-state index contributed by atoms with van der Waals surface area (Å²) in [6.07, 6.45) is 1.45. The van der Waals surface area contributed by atoms with Crippen LogP contribution >= 0.6 is 0 Å². The van der Waals surface area contributed by atoms with Crippen LogP contribution in [0.5, 0.6) is 5.75 Å². The Hall–Kier alpha value is -3.78. The molecule has 0 aliphatic carbocycles. The maximum atomic E-state index is 13.5. The molecule has 0 atom stereocenters. The van der Waals surface area contributed by atoms with Crippen LogP contribution in [-0.2, 0) is 28.9 Å². The molecule has 0 saturated carbocycles. The van der Waals surface area contributed by atoms with Crippen molar-refractivity contribution in [1.82, 2.24) is 9.62 Å². The molecule has 14 heteroatoms. The second-order valence-electron chi connectivity index (χ2n) is 7.70. The third-order valence-corrected chi connectivity index (χ3v) is 6.43. The van der Waals surface area contributed by atoms with Gasteiger partial charge in [-0.25, -0.2) is 17.8 Å². The Labute approximate surface area is 200 Å². The van der Waals surface area contributed by atoms with Gasteiger partial charge >= 0.3 is 19.1 Å². The average molecular weight is 502 g/mol. The van der Waals surface area contributed by atoms with E-state index in [0.29, 0.717) is 5.56 Å².